The van der Waals surface area contributed by atoms with Gasteiger partial charge < -0.3 is 9.72 Å². The molecule has 0 aliphatic carbocycles. The van der Waals surface area contributed by atoms with E-state index < -0.39 is 5.97 Å². The van der Waals surface area contributed by atoms with Gasteiger partial charge >= 0.3 is 10.8 Å². The number of thiazole rings is 1. The average molecular weight is 422 g/mol. The van der Waals surface area contributed by atoms with Gasteiger partial charge in [0.05, 0.1) is 5.39 Å². The Morgan fingerprint density at radius 1 is 1.36 bits per heavy atom. The molecular formula is C19H23N3O4S2. The molecule has 0 aromatic carbocycles. The topological polar surface area (TPSA) is 94.0 Å². The summed E-state index contributed by atoms with van der Waals surface area (Å²) >= 11 is 2.53. The van der Waals surface area contributed by atoms with Crippen LogP contribution in [0.1, 0.15) is 42.2 Å². The molecule has 0 fully saturated rings. The SMILES string of the molecule is CC[C@@H](C)Cc1c(C)sc2nc(COC(=O)Cn3c(C)csc3=O)[nH]c(=O)c12. The van der Waals surface area contributed by atoms with Gasteiger partial charge in [0.15, 0.2) is 0 Å². The third-order valence-corrected chi connectivity index (χ3v) is 6.72. The first kappa shape index (κ1) is 20.5. The van der Waals surface area contributed by atoms with Crippen molar-refractivity contribution in [2.45, 2.75) is 53.7 Å². The quantitative estimate of drug-likeness (QED) is 0.592. The Labute approximate surface area is 170 Å². The van der Waals surface area contributed by atoms with E-state index in [0.29, 0.717) is 27.7 Å². The standard InChI is InChI=1S/C19H23N3O4S2/c1-5-10(2)6-13-12(4)28-18-16(13)17(24)20-14(21-18)8-26-15(23)7-22-11(3)9-27-19(22)25/h9-10H,5-8H2,1-4H3,(H,20,21,24)/t10-/m1/s1. The van der Waals surface area contributed by atoms with Gasteiger partial charge in [-0.05, 0) is 31.7 Å². The number of hydrogen-bond acceptors (Lipinski definition) is 7. The number of aromatic amines is 1. The number of rotatable bonds is 7. The third-order valence-electron chi connectivity index (χ3n) is 4.79. The van der Waals surface area contributed by atoms with E-state index in [1.807, 2.05) is 6.92 Å². The molecule has 0 aliphatic rings. The van der Waals surface area contributed by atoms with Crippen molar-refractivity contribution in [1.29, 1.82) is 0 Å². The predicted molar refractivity (Wildman–Crippen MR) is 111 cm³/mol. The number of ether oxygens (including phenoxy) is 1. The van der Waals surface area contributed by atoms with Crippen LogP contribution >= 0.6 is 22.7 Å². The smallest absolute Gasteiger partial charge is 0.326 e. The number of carbonyl (C=O) groups is 1. The van der Waals surface area contributed by atoms with Gasteiger partial charge in [0.1, 0.15) is 23.8 Å². The maximum absolute atomic E-state index is 12.6. The number of H-pyrrole nitrogens is 1. The lowest BCUT2D eigenvalue weighted by molar-refractivity contribution is -0.146. The van der Waals surface area contributed by atoms with Crippen molar-refractivity contribution >= 4 is 38.9 Å². The number of nitrogens with one attached hydrogen (secondary N) is 1. The van der Waals surface area contributed by atoms with E-state index in [4.69, 9.17) is 4.74 Å². The van der Waals surface area contributed by atoms with Crippen LogP contribution in [0.2, 0.25) is 0 Å². The molecule has 0 spiro atoms. The van der Waals surface area contributed by atoms with Gasteiger partial charge in [-0.15, -0.1) is 11.3 Å². The molecule has 0 amide bonds. The molecule has 1 atom stereocenters. The van der Waals surface area contributed by atoms with E-state index in [1.54, 1.807) is 12.3 Å². The van der Waals surface area contributed by atoms with Crippen LogP contribution in [-0.2, 0) is 29.1 Å². The molecule has 9 heteroatoms. The zero-order chi connectivity index (χ0) is 20.4. The van der Waals surface area contributed by atoms with Crippen molar-refractivity contribution < 1.29 is 9.53 Å². The predicted octanol–water partition coefficient (Wildman–Crippen LogP) is 3.16. The maximum atomic E-state index is 12.6. The Hall–Kier alpha value is -2.26. The van der Waals surface area contributed by atoms with Crippen molar-refractivity contribution in [2.75, 3.05) is 0 Å². The highest BCUT2D eigenvalue weighted by Gasteiger charge is 2.17. The Balaban J connectivity index is 1.76. The summed E-state index contributed by atoms with van der Waals surface area (Å²) in [7, 11) is 0. The Kier molecular flexibility index (Phi) is 6.14. The molecule has 0 radical (unpaired) electrons. The molecule has 0 saturated heterocycles. The fourth-order valence-electron chi connectivity index (χ4n) is 2.95. The number of fused-ring (bicyclic) bond motifs is 1. The van der Waals surface area contributed by atoms with Crippen LogP contribution in [0.3, 0.4) is 0 Å². The summed E-state index contributed by atoms with van der Waals surface area (Å²) < 4.78 is 6.57. The molecule has 0 bridgehead atoms. The zero-order valence-electron chi connectivity index (χ0n) is 16.3. The summed E-state index contributed by atoms with van der Waals surface area (Å²) in [6, 6.07) is 0. The number of aromatic nitrogens is 3. The molecule has 0 saturated carbocycles. The van der Waals surface area contributed by atoms with Crippen molar-refractivity contribution in [3.05, 3.63) is 47.4 Å². The number of esters is 1. The van der Waals surface area contributed by atoms with E-state index in [1.165, 1.54) is 15.9 Å². The number of hydrogen-bond donors (Lipinski definition) is 1. The molecule has 28 heavy (non-hydrogen) atoms. The van der Waals surface area contributed by atoms with Gasteiger partial charge in [-0.25, -0.2) is 4.98 Å². The lowest BCUT2D eigenvalue weighted by atomic mass is 9.98. The molecular weight excluding hydrogens is 398 g/mol. The first-order valence-electron chi connectivity index (χ1n) is 9.11. The second-order valence-corrected chi connectivity index (χ2v) is 8.96. The Morgan fingerprint density at radius 3 is 2.75 bits per heavy atom. The van der Waals surface area contributed by atoms with Gasteiger partial charge in [-0.1, -0.05) is 31.6 Å². The molecule has 1 N–H and O–H groups in total. The largest absolute Gasteiger partial charge is 0.456 e. The minimum atomic E-state index is -0.550. The Morgan fingerprint density at radius 2 is 2.11 bits per heavy atom. The second-order valence-electron chi connectivity index (χ2n) is 6.94. The minimum absolute atomic E-state index is 0.139. The third kappa shape index (κ3) is 4.25. The first-order valence-corrected chi connectivity index (χ1v) is 10.8. The lowest BCUT2D eigenvalue weighted by Crippen LogP contribution is -2.22. The lowest BCUT2D eigenvalue weighted by Gasteiger charge is -2.08. The number of aryl methyl sites for hydroxylation is 2. The average Bonchev–Trinajstić information content (AvgIpc) is 3.13. The van der Waals surface area contributed by atoms with Crippen LogP contribution in [0.5, 0.6) is 0 Å². The van der Waals surface area contributed by atoms with E-state index >= 15 is 0 Å². The van der Waals surface area contributed by atoms with E-state index in [-0.39, 0.29) is 23.6 Å². The van der Waals surface area contributed by atoms with Crippen LogP contribution in [-0.4, -0.2) is 20.5 Å². The molecule has 150 valence electrons. The normalized spacial score (nSPS) is 12.4. The molecule has 7 nitrogen and oxygen atoms in total. The first-order chi connectivity index (χ1) is 13.3. The maximum Gasteiger partial charge on any atom is 0.326 e. The van der Waals surface area contributed by atoms with Crippen LogP contribution in [0.4, 0.5) is 0 Å². The molecule has 3 aromatic heterocycles. The molecule has 3 heterocycles. The van der Waals surface area contributed by atoms with Gasteiger partial charge in [0.25, 0.3) is 5.56 Å². The highest BCUT2D eigenvalue weighted by atomic mass is 32.1. The summed E-state index contributed by atoms with van der Waals surface area (Å²) in [5.41, 5.74) is 1.56. The second kappa shape index (κ2) is 8.40. The van der Waals surface area contributed by atoms with Gasteiger partial charge in [0, 0.05) is 16.0 Å². The molecule has 3 aromatic rings. The summed E-state index contributed by atoms with van der Waals surface area (Å²) in [5, 5.41) is 2.33. The van der Waals surface area contributed by atoms with Crippen molar-refractivity contribution in [3.63, 3.8) is 0 Å². The summed E-state index contributed by atoms with van der Waals surface area (Å²) in [4.78, 5) is 45.1. The molecule has 3 rings (SSSR count). The van der Waals surface area contributed by atoms with E-state index in [9.17, 15) is 14.4 Å². The number of nitrogens with zero attached hydrogens (tertiary/aromatic N) is 2. The molecule has 0 unspecified atom stereocenters. The van der Waals surface area contributed by atoms with Crippen LogP contribution in [0.15, 0.2) is 15.0 Å². The van der Waals surface area contributed by atoms with E-state index in [0.717, 1.165) is 34.6 Å². The number of thiophene rings is 1. The van der Waals surface area contributed by atoms with Crippen molar-refractivity contribution in [1.82, 2.24) is 14.5 Å². The van der Waals surface area contributed by atoms with Gasteiger partial charge in [0.2, 0.25) is 0 Å². The zero-order valence-corrected chi connectivity index (χ0v) is 18.0. The fraction of sp³-hybridized carbons (Fsp3) is 0.474. The van der Waals surface area contributed by atoms with Crippen LogP contribution < -0.4 is 10.4 Å². The van der Waals surface area contributed by atoms with Gasteiger partial charge in [-0.3, -0.25) is 19.0 Å². The van der Waals surface area contributed by atoms with Crippen molar-refractivity contribution in [2.24, 2.45) is 5.92 Å². The van der Waals surface area contributed by atoms with Crippen molar-refractivity contribution in [3.8, 4) is 0 Å². The summed E-state index contributed by atoms with van der Waals surface area (Å²) in [5.74, 6) is 0.239. The highest BCUT2D eigenvalue weighted by molar-refractivity contribution is 7.18. The van der Waals surface area contributed by atoms with Crippen LogP contribution in [0, 0.1) is 19.8 Å². The molecule has 0 aliphatic heterocycles. The summed E-state index contributed by atoms with van der Waals surface area (Å²) in [6.45, 7) is 7.77. The number of carbonyl (C=O) groups excluding carboxylic acids is 1. The fourth-order valence-corrected chi connectivity index (χ4v) is 4.75. The summed E-state index contributed by atoms with van der Waals surface area (Å²) in [6.07, 6.45) is 1.89. The monoisotopic (exact) mass is 421 g/mol. The van der Waals surface area contributed by atoms with E-state index in [2.05, 4.69) is 23.8 Å². The Bertz CT molecular complexity index is 1120. The van der Waals surface area contributed by atoms with Crippen LogP contribution in [0.25, 0.3) is 10.2 Å². The highest BCUT2D eigenvalue weighted by Crippen LogP contribution is 2.29. The van der Waals surface area contributed by atoms with Gasteiger partial charge in [-0.2, -0.15) is 0 Å². The minimum Gasteiger partial charge on any atom is -0.456 e.